The first-order valence-corrected chi connectivity index (χ1v) is 8.92. The van der Waals surface area contributed by atoms with Crippen LogP contribution in [0.25, 0.3) is 0 Å². The van der Waals surface area contributed by atoms with Crippen molar-refractivity contribution in [3.05, 3.63) is 46.0 Å². The molecule has 0 bridgehead atoms. The SMILES string of the molecule is CCCCc1c(C(=O)Cn2cc(CC)c(CC)c2)[nH]c(C=O)c1C. The first-order chi connectivity index (χ1) is 11.5. The third kappa shape index (κ3) is 3.69. The van der Waals surface area contributed by atoms with E-state index in [0.29, 0.717) is 17.9 Å². The molecular weight excluding hydrogens is 300 g/mol. The Bertz CT molecular complexity index is 701. The summed E-state index contributed by atoms with van der Waals surface area (Å²) in [6, 6.07) is 0. The second-order valence-electron chi connectivity index (χ2n) is 6.35. The highest BCUT2D eigenvalue weighted by Gasteiger charge is 2.19. The Labute approximate surface area is 144 Å². The molecule has 0 saturated heterocycles. The molecule has 1 N–H and O–H groups in total. The zero-order valence-electron chi connectivity index (χ0n) is 15.2. The summed E-state index contributed by atoms with van der Waals surface area (Å²) in [4.78, 5) is 27.1. The van der Waals surface area contributed by atoms with Gasteiger partial charge in [-0.2, -0.15) is 0 Å². The van der Waals surface area contributed by atoms with E-state index < -0.39 is 0 Å². The number of unbranched alkanes of at least 4 members (excludes halogenated alkanes) is 1. The van der Waals surface area contributed by atoms with E-state index >= 15 is 0 Å². The van der Waals surface area contributed by atoms with Crippen molar-refractivity contribution in [2.75, 3.05) is 0 Å². The molecular formula is C20H28N2O2. The number of nitrogens with one attached hydrogen (secondary N) is 1. The molecule has 0 amide bonds. The molecule has 4 heteroatoms. The topological polar surface area (TPSA) is 54.9 Å². The second-order valence-corrected chi connectivity index (χ2v) is 6.35. The van der Waals surface area contributed by atoms with Crippen molar-refractivity contribution in [2.24, 2.45) is 0 Å². The first-order valence-electron chi connectivity index (χ1n) is 8.92. The van der Waals surface area contributed by atoms with E-state index in [4.69, 9.17) is 0 Å². The van der Waals surface area contributed by atoms with E-state index in [2.05, 4.69) is 38.1 Å². The number of hydrogen-bond acceptors (Lipinski definition) is 2. The summed E-state index contributed by atoms with van der Waals surface area (Å²) >= 11 is 0. The molecule has 0 atom stereocenters. The number of aryl methyl sites for hydroxylation is 2. The minimum Gasteiger partial charge on any atom is -0.349 e. The van der Waals surface area contributed by atoms with Crippen LogP contribution < -0.4 is 0 Å². The molecule has 2 rings (SSSR count). The van der Waals surface area contributed by atoms with Crippen molar-refractivity contribution in [1.29, 1.82) is 0 Å². The number of carbonyl (C=O) groups excluding carboxylic acids is 2. The summed E-state index contributed by atoms with van der Waals surface area (Å²) in [5.74, 6) is 0.0395. The molecule has 0 spiro atoms. The summed E-state index contributed by atoms with van der Waals surface area (Å²) in [7, 11) is 0. The van der Waals surface area contributed by atoms with Crippen LogP contribution in [0, 0.1) is 6.92 Å². The van der Waals surface area contributed by atoms with Crippen LogP contribution in [-0.4, -0.2) is 21.6 Å². The Morgan fingerprint density at radius 3 is 2.29 bits per heavy atom. The third-order valence-corrected chi connectivity index (χ3v) is 4.74. The van der Waals surface area contributed by atoms with Gasteiger partial charge in [0.15, 0.2) is 12.1 Å². The van der Waals surface area contributed by atoms with Crippen LogP contribution >= 0.6 is 0 Å². The molecule has 0 aliphatic rings. The van der Waals surface area contributed by atoms with E-state index in [9.17, 15) is 9.59 Å². The summed E-state index contributed by atoms with van der Waals surface area (Å²) < 4.78 is 1.97. The lowest BCUT2D eigenvalue weighted by Gasteiger charge is -2.05. The molecule has 4 nitrogen and oxygen atoms in total. The van der Waals surface area contributed by atoms with Crippen molar-refractivity contribution in [3.8, 4) is 0 Å². The zero-order valence-corrected chi connectivity index (χ0v) is 15.2. The van der Waals surface area contributed by atoms with E-state index in [1.807, 2.05) is 11.5 Å². The Morgan fingerprint density at radius 1 is 1.17 bits per heavy atom. The van der Waals surface area contributed by atoms with Crippen LogP contribution in [0.5, 0.6) is 0 Å². The fraction of sp³-hybridized carbons (Fsp3) is 0.500. The summed E-state index contributed by atoms with van der Waals surface area (Å²) in [6.45, 7) is 8.62. The average Bonchev–Trinajstić information content (AvgIpc) is 3.13. The standard InChI is InChI=1S/C20H28N2O2/c1-5-8-9-17-14(4)18(13-23)21-20(17)19(24)12-22-10-15(6-2)16(7-3)11-22/h10-11,13,21H,5-9,12H2,1-4H3. The number of aldehydes is 1. The van der Waals surface area contributed by atoms with Gasteiger partial charge in [0.1, 0.15) is 0 Å². The van der Waals surface area contributed by atoms with Crippen LogP contribution in [0.2, 0.25) is 0 Å². The van der Waals surface area contributed by atoms with Gasteiger partial charge in [-0.1, -0.05) is 27.2 Å². The minimum atomic E-state index is 0.0395. The van der Waals surface area contributed by atoms with Gasteiger partial charge in [-0.25, -0.2) is 0 Å². The smallest absolute Gasteiger partial charge is 0.198 e. The Hall–Kier alpha value is -2.10. The number of nitrogens with zero attached hydrogens (tertiary/aromatic N) is 1. The van der Waals surface area contributed by atoms with Gasteiger partial charge in [0.2, 0.25) is 0 Å². The number of rotatable bonds is 9. The molecule has 0 aromatic carbocycles. The van der Waals surface area contributed by atoms with Crippen LogP contribution in [-0.2, 0) is 25.8 Å². The second kappa shape index (κ2) is 8.13. The average molecular weight is 328 g/mol. The molecule has 2 aromatic heterocycles. The van der Waals surface area contributed by atoms with Gasteiger partial charge >= 0.3 is 0 Å². The number of hydrogen-bond donors (Lipinski definition) is 1. The predicted octanol–water partition coefficient (Wildman–Crippen LogP) is 4.29. The number of aromatic amines is 1. The van der Waals surface area contributed by atoms with Gasteiger partial charge in [-0.15, -0.1) is 0 Å². The molecule has 0 fully saturated rings. The largest absolute Gasteiger partial charge is 0.349 e. The molecule has 0 saturated carbocycles. The van der Waals surface area contributed by atoms with E-state index in [1.165, 1.54) is 11.1 Å². The van der Waals surface area contributed by atoms with Gasteiger partial charge in [-0.05, 0) is 54.9 Å². The highest BCUT2D eigenvalue weighted by atomic mass is 16.1. The van der Waals surface area contributed by atoms with Crippen molar-refractivity contribution in [1.82, 2.24) is 9.55 Å². The van der Waals surface area contributed by atoms with Gasteiger partial charge in [0.25, 0.3) is 0 Å². The number of H-pyrrole nitrogens is 1. The Balaban J connectivity index is 2.28. The molecule has 130 valence electrons. The van der Waals surface area contributed by atoms with Crippen LogP contribution in [0.3, 0.4) is 0 Å². The first kappa shape index (κ1) is 18.2. The third-order valence-electron chi connectivity index (χ3n) is 4.74. The molecule has 24 heavy (non-hydrogen) atoms. The number of Topliss-reactive ketones (excluding diaryl/α,β-unsaturated/α-hetero) is 1. The lowest BCUT2D eigenvalue weighted by atomic mass is 10.0. The maximum atomic E-state index is 12.8. The minimum absolute atomic E-state index is 0.0395. The molecule has 0 aliphatic carbocycles. The lowest BCUT2D eigenvalue weighted by Crippen LogP contribution is -2.12. The predicted molar refractivity (Wildman–Crippen MR) is 97.0 cm³/mol. The van der Waals surface area contributed by atoms with Crippen molar-refractivity contribution < 1.29 is 9.59 Å². The Kier molecular flexibility index (Phi) is 6.18. The maximum absolute atomic E-state index is 12.8. The highest BCUT2D eigenvalue weighted by Crippen LogP contribution is 2.21. The van der Waals surface area contributed by atoms with Crippen LogP contribution in [0.15, 0.2) is 12.4 Å². The fourth-order valence-electron chi connectivity index (χ4n) is 3.25. The van der Waals surface area contributed by atoms with E-state index in [0.717, 1.165) is 49.5 Å². The van der Waals surface area contributed by atoms with Gasteiger partial charge < -0.3 is 9.55 Å². The number of aromatic nitrogens is 2. The highest BCUT2D eigenvalue weighted by molar-refractivity contribution is 5.97. The maximum Gasteiger partial charge on any atom is 0.198 e. The Morgan fingerprint density at radius 2 is 1.79 bits per heavy atom. The van der Waals surface area contributed by atoms with Crippen LogP contribution in [0.1, 0.15) is 76.8 Å². The number of carbonyl (C=O) groups is 2. The molecule has 0 aliphatic heterocycles. The lowest BCUT2D eigenvalue weighted by molar-refractivity contribution is 0.0967. The quantitative estimate of drug-likeness (QED) is 0.551. The monoisotopic (exact) mass is 328 g/mol. The normalized spacial score (nSPS) is 11.0. The van der Waals surface area contributed by atoms with Crippen molar-refractivity contribution >= 4 is 12.1 Å². The molecule has 2 heterocycles. The van der Waals surface area contributed by atoms with Gasteiger partial charge in [0, 0.05) is 12.4 Å². The van der Waals surface area contributed by atoms with Crippen LogP contribution in [0.4, 0.5) is 0 Å². The molecule has 0 radical (unpaired) electrons. The molecule has 0 unspecified atom stereocenters. The van der Waals surface area contributed by atoms with E-state index in [-0.39, 0.29) is 5.78 Å². The van der Waals surface area contributed by atoms with Gasteiger partial charge in [-0.3, -0.25) is 9.59 Å². The van der Waals surface area contributed by atoms with Crippen molar-refractivity contribution in [2.45, 2.75) is 66.3 Å². The van der Waals surface area contributed by atoms with Crippen molar-refractivity contribution in [3.63, 3.8) is 0 Å². The summed E-state index contributed by atoms with van der Waals surface area (Å²) in [5, 5.41) is 0. The summed E-state index contributed by atoms with van der Waals surface area (Å²) in [5.41, 5.74) is 5.65. The fourth-order valence-corrected chi connectivity index (χ4v) is 3.25. The molecule has 2 aromatic rings. The summed E-state index contributed by atoms with van der Waals surface area (Å²) in [6.07, 6.45) is 9.80. The zero-order chi connectivity index (χ0) is 17.7. The number of ketones is 1. The van der Waals surface area contributed by atoms with E-state index in [1.54, 1.807) is 0 Å². The van der Waals surface area contributed by atoms with Gasteiger partial charge in [0.05, 0.1) is 17.9 Å².